The predicted octanol–water partition coefficient (Wildman–Crippen LogP) is 7.05. The summed E-state index contributed by atoms with van der Waals surface area (Å²) in [6, 6.07) is 18.7. The number of fused-ring (bicyclic) bond motifs is 1. The molecule has 2 atom stereocenters. The van der Waals surface area contributed by atoms with Crippen molar-refractivity contribution < 1.29 is 33.5 Å². The Morgan fingerprint density at radius 2 is 1.74 bits per heavy atom. The Labute approximate surface area is 345 Å². The molecule has 3 amide bonds. The molecule has 7 rings (SSSR count). The number of hydrogen-bond donors (Lipinski definition) is 3. The Balaban J connectivity index is 1.21. The average molecular weight is 849 g/mol. The van der Waals surface area contributed by atoms with Gasteiger partial charge in [0.1, 0.15) is 33.5 Å². The van der Waals surface area contributed by atoms with Gasteiger partial charge in [-0.3, -0.25) is 24.9 Å². The summed E-state index contributed by atoms with van der Waals surface area (Å²) in [5.74, 6) is -1.57. The third kappa shape index (κ3) is 10.2. The molecule has 0 radical (unpaired) electrons. The van der Waals surface area contributed by atoms with Crippen LogP contribution in [0.2, 0.25) is 0 Å². The molecule has 3 N–H and O–H groups in total. The quantitative estimate of drug-likeness (QED) is 0.0293. The number of amides is 3. The zero-order chi connectivity index (χ0) is 39.9. The molecule has 2 unspecified atom stereocenters. The minimum atomic E-state index is -0.807. The van der Waals surface area contributed by atoms with Crippen LogP contribution >= 0.6 is 46.6 Å². The number of rotatable bonds is 14. The number of aromatic amines is 1. The van der Waals surface area contributed by atoms with E-state index in [1.54, 1.807) is 32.3 Å². The molecule has 57 heavy (non-hydrogen) atoms. The normalized spacial score (nSPS) is 18.6. The molecule has 298 valence electrons. The van der Waals surface area contributed by atoms with E-state index in [0.29, 0.717) is 15.0 Å². The summed E-state index contributed by atoms with van der Waals surface area (Å²) >= 11 is 5.09. The Hall–Kier alpha value is -4.85. The minimum Gasteiger partial charge on any atom is -0.448 e. The molecule has 0 spiro atoms. The lowest BCUT2D eigenvalue weighted by atomic mass is 10.0. The van der Waals surface area contributed by atoms with E-state index in [9.17, 15) is 19.2 Å². The zero-order valence-corrected chi connectivity index (χ0v) is 34.5. The van der Waals surface area contributed by atoms with Gasteiger partial charge in [0.05, 0.1) is 23.1 Å². The molecular weight excluding hydrogens is 809 g/mol. The fourth-order valence-corrected chi connectivity index (χ4v) is 10.5. The highest BCUT2D eigenvalue weighted by Gasteiger charge is 2.50. The smallest absolute Gasteiger partial charge is 0.413 e. The van der Waals surface area contributed by atoms with Gasteiger partial charge >= 0.3 is 12.1 Å². The summed E-state index contributed by atoms with van der Waals surface area (Å²) in [6.45, 7) is 5.25. The van der Waals surface area contributed by atoms with Gasteiger partial charge in [-0.1, -0.05) is 82.8 Å². The third-order valence-electron chi connectivity index (χ3n) is 8.78. The zero-order valence-electron chi connectivity index (χ0n) is 31.2. The van der Waals surface area contributed by atoms with E-state index in [2.05, 4.69) is 36.2 Å². The first-order valence-corrected chi connectivity index (χ1v) is 22.0. The fourth-order valence-electron chi connectivity index (χ4n) is 6.17. The lowest BCUT2D eigenvalue weighted by molar-refractivity contribution is -0.151. The van der Waals surface area contributed by atoms with Gasteiger partial charge in [0.2, 0.25) is 5.91 Å². The van der Waals surface area contributed by atoms with Crippen LogP contribution in [0.15, 0.2) is 93.0 Å². The molecule has 1 saturated heterocycles. The largest absolute Gasteiger partial charge is 0.448 e. The minimum absolute atomic E-state index is 0.0566. The molecule has 4 aromatic rings. The van der Waals surface area contributed by atoms with Gasteiger partial charge in [-0.15, -0.1) is 40.0 Å². The number of ether oxygens (including phenoxy) is 2. The molecule has 3 aliphatic rings. The van der Waals surface area contributed by atoms with E-state index in [-0.39, 0.29) is 40.7 Å². The predicted molar refractivity (Wildman–Crippen MR) is 219 cm³/mol. The van der Waals surface area contributed by atoms with Gasteiger partial charge in [0.15, 0.2) is 16.9 Å². The standard InChI is InChI=1S/C38H40N8O7S4/c1-38(2,3)52-37(50)42-36-40-25(20-54-36)29(44-53-24-16-10-11-17-24)33(48)41-34-32(56-21-55-26-19-39-45-43-26)30(46-27(47)18-28(46)57-34)35(49)51-31(22-12-6-4-7-13-22)23-14-8-5-9-15-23/h4-9,12-15,19-20,24,28,31,34H,10-11,16-18,21H2,1-3H3,(H,41,48)(H,39,43,45)(H,40,42,50)/b44-29-. The number of β-lactam (4-membered cyclic amide) rings is 1. The number of nitrogens with zero attached hydrogens (tertiary/aromatic N) is 5. The lowest BCUT2D eigenvalue weighted by Gasteiger charge is -2.47. The van der Waals surface area contributed by atoms with Crippen LogP contribution in [0.4, 0.5) is 9.93 Å². The monoisotopic (exact) mass is 848 g/mol. The number of carbonyl (C=O) groups is 4. The first-order valence-electron chi connectivity index (χ1n) is 18.2. The summed E-state index contributed by atoms with van der Waals surface area (Å²) in [5, 5.41) is 22.1. The van der Waals surface area contributed by atoms with Crippen molar-refractivity contribution in [2.75, 3.05) is 10.4 Å². The highest BCUT2D eigenvalue weighted by atomic mass is 32.2. The molecule has 2 aromatic carbocycles. The van der Waals surface area contributed by atoms with Crippen molar-refractivity contribution in [2.45, 2.75) is 86.5 Å². The number of nitrogens with one attached hydrogen (secondary N) is 3. The Morgan fingerprint density at radius 1 is 1.04 bits per heavy atom. The van der Waals surface area contributed by atoms with Crippen molar-refractivity contribution in [3.05, 3.63) is 99.7 Å². The summed E-state index contributed by atoms with van der Waals surface area (Å²) in [6.07, 6.45) is 3.77. The second-order valence-electron chi connectivity index (χ2n) is 14.1. The maximum absolute atomic E-state index is 14.6. The molecule has 4 heterocycles. The Kier molecular flexibility index (Phi) is 12.9. The second-order valence-corrected chi connectivity index (χ2v) is 18.6. The molecule has 1 saturated carbocycles. The van der Waals surface area contributed by atoms with Gasteiger partial charge in [0, 0.05) is 10.3 Å². The number of carbonyl (C=O) groups excluding carboxylic acids is 4. The molecule has 19 heteroatoms. The third-order valence-corrected chi connectivity index (χ3v) is 13.2. The number of anilines is 1. The van der Waals surface area contributed by atoms with E-state index >= 15 is 0 Å². The van der Waals surface area contributed by atoms with Crippen LogP contribution < -0.4 is 10.6 Å². The molecule has 1 aliphatic carbocycles. The van der Waals surface area contributed by atoms with E-state index in [4.69, 9.17) is 14.3 Å². The van der Waals surface area contributed by atoms with Crippen molar-refractivity contribution in [3.8, 4) is 0 Å². The van der Waals surface area contributed by atoms with Crippen molar-refractivity contribution in [3.63, 3.8) is 0 Å². The van der Waals surface area contributed by atoms with Crippen LogP contribution in [0.3, 0.4) is 0 Å². The second kappa shape index (κ2) is 18.2. The first-order chi connectivity index (χ1) is 27.5. The van der Waals surface area contributed by atoms with E-state index in [1.165, 1.54) is 40.2 Å². The summed E-state index contributed by atoms with van der Waals surface area (Å²) in [7, 11) is 0. The number of thioether (sulfide) groups is 3. The van der Waals surface area contributed by atoms with E-state index < -0.39 is 40.4 Å². The van der Waals surface area contributed by atoms with Crippen LogP contribution in [0, 0.1) is 0 Å². The maximum atomic E-state index is 14.6. The van der Waals surface area contributed by atoms with Crippen molar-refractivity contribution >= 4 is 81.3 Å². The summed E-state index contributed by atoms with van der Waals surface area (Å²) < 4.78 is 11.7. The Bertz CT molecular complexity index is 2080. The van der Waals surface area contributed by atoms with Gasteiger partial charge in [-0.05, 0) is 57.6 Å². The molecular formula is C38H40N8O7S4. The first kappa shape index (κ1) is 40.4. The topological polar surface area (TPSA) is 190 Å². The van der Waals surface area contributed by atoms with Gasteiger partial charge < -0.3 is 19.6 Å². The number of benzene rings is 2. The lowest BCUT2D eigenvalue weighted by Crippen LogP contribution is -2.57. The van der Waals surface area contributed by atoms with Crippen LogP contribution in [-0.2, 0) is 28.7 Å². The van der Waals surface area contributed by atoms with Gasteiger partial charge in [-0.25, -0.2) is 14.6 Å². The highest BCUT2D eigenvalue weighted by Crippen LogP contribution is 2.48. The number of aromatic nitrogens is 4. The van der Waals surface area contributed by atoms with Gasteiger partial charge in [0.25, 0.3) is 5.91 Å². The van der Waals surface area contributed by atoms with Crippen LogP contribution in [-0.4, -0.2) is 82.4 Å². The van der Waals surface area contributed by atoms with Crippen LogP contribution in [0.5, 0.6) is 0 Å². The van der Waals surface area contributed by atoms with E-state index in [1.807, 2.05) is 60.7 Å². The number of thiazole rings is 1. The highest BCUT2D eigenvalue weighted by molar-refractivity contribution is 8.18. The van der Waals surface area contributed by atoms with Crippen molar-refractivity contribution in [1.82, 2.24) is 30.6 Å². The maximum Gasteiger partial charge on any atom is 0.413 e. The molecule has 2 fully saturated rings. The van der Waals surface area contributed by atoms with Crippen molar-refractivity contribution in [2.24, 2.45) is 5.16 Å². The fraction of sp³-hybridized carbons (Fsp3) is 0.368. The summed E-state index contributed by atoms with van der Waals surface area (Å²) in [4.78, 5) is 67.0. The van der Waals surface area contributed by atoms with Crippen LogP contribution in [0.25, 0.3) is 0 Å². The average Bonchev–Trinajstić information content (AvgIpc) is 3.99. The summed E-state index contributed by atoms with van der Waals surface area (Å²) in [5.41, 5.74) is 0.901. The van der Waals surface area contributed by atoms with E-state index in [0.717, 1.165) is 48.1 Å². The Morgan fingerprint density at radius 3 is 2.37 bits per heavy atom. The molecule has 2 aromatic heterocycles. The SMILES string of the molecule is CC(C)(C)OC(=O)Nc1nc(/C(=N/OC2CCCC2)C(=O)NC2SC3CC(=O)N3C(C(=O)OC(c3ccccc3)c3ccccc3)=C2SCSc2c[nH]nn2)cs1. The number of esters is 1. The number of oxime groups is 1. The molecule has 15 nitrogen and oxygen atoms in total. The van der Waals surface area contributed by atoms with Crippen LogP contribution in [0.1, 0.15) is 75.8 Å². The van der Waals surface area contributed by atoms with Gasteiger partial charge in [-0.2, -0.15) is 0 Å². The number of H-pyrrole nitrogens is 1. The molecule has 2 aliphatic heterocycles. The number of hydrogen-bond acceptors (Lipinski definition) is 15. The molecule has 0 bridgehead atoms. The van der Waals surface area contributed by atoms with Crippen molar-refractivity contribution in [1.29, 1.82) is 0 Å².